The molecule has 1 aromatic heterocycles. The molecule has 106 valence electrons. The SMILES string of the molecule is CCc1c(NN)ncnc1Oc1cc(F)c(F)cc1C. The van der Waals surface area contributed by atoms with Gasteiger partial charge in [0.2, 0.25) is 5.88 Å². The second-order valence-corrected chi connectivity index (χ2v) is 4.14. The molecule has 1 heterocycles. The smallest absolute Gasteiger partial charge is 0.227 e. The average Bonchev–Trinajstić information content (AvgIpc) is 2.44. The summed E-state index contributed by atoms with van der Waals surface area (Å²) in [5.74, 6) is 4.34. The van der Waals surface area contributed by atoms with Gasteiger partial charge in [-0.3, -0.25) is 0 Å². The van der Waals surface area contributed by atoms with Crippen LogP contribution in [0.4, 0.5) is 14.6 Å². The summed E-state index contributed by atoms with van der Waals surface area (Å²) in [7, 11) is 0. The number of hydrazine groups is 1. The Morgan fingerprint density at radius 2 is 1.95 bits per heavy atom. The van der Waals surface area contributed by atoms with E-state index in [1.807, 2.05) is 6.92 Å². The third-order valence-corrected chi connectivity index (χ3v) is 2.82. The minimum absolute atomic E-state index is 0.195. The number of nitrogen functional groups attached to an aromatic ring is 1. The molecular formula is C13H14F2N4O. The summed E-state index contributed by atoms with van der Waals surface area (Å²) >= 11 is 0. The van der Waals surface area contributed by atoms with Crippen molar-refractivity contribution in [2.24, 2.45) is 5.84 Å². The predicted molar refractivity (Wildman–Crippen MR) is 70.4 cm³/mol. The molecular weight excluding hydrogens is 266 g/mol. The Balaban J connectivity index is 2.42. The highest BCUT2D eigenvalue weighted by Gasteiger charge is 2.14. The lowest BCUT2D eigenvalue weighted by Gasteiger charge is -2.13. The molecule has 20 heavy (non-hydrogen) atoms. The highest BCUT2D eigenvalue weighted by molar-refractivity contribution is 5.49. The van der Waals surface area contributed by atoms with Crippen LogP contribution >= 0.6 is 0 Å². The zero-order valence-electron chi connectivity index (χ0n) is 11.1. The molecule has 3 N–H and O–H groups in total. The van der Waals surface area contributed by atoms with Gasteiger partial charge in [0, 0.05) is 6.07 Å². The van der Waals surface area contributed by atoms with Crippen LogP contribution in [0.25, 0.3) is 0 Å². The maximum atomic E-state index is 13.3. The summed E-state index contributed by atoms with van der Waals surface area (Å²) in [5, 5.41) is 0. The topological polar surface area (TPSA) is 73.1 Å². The lowest BCUT2D eigenvalue weighted by molar-refractivity contribution is 0.438. The van der Waals surface area contributed by atoms with Gasteiger partial charge in [-0.05, 0) is 25.0 Å². The Bertz CT molecular complexity index is 634. The summed E-state index contributed by atoms with van der Waals surface area (Å²) in [6, 6.07) is 2.06. The van der Waals surface area contributed by atoms with E-state index in [0.29, 0.717) is 23.4 Å². The number of anilines is 1. The summed E-state index contributed by atoms with van der Waals surface area (Å²) in [6.07, 6.45) is 1.84. The van der Waals surface area contributed by atoms with Crippen molar-refractivity contribution >= 4 is 5.82 Å². The Hall–Kier alpha value is -2.28. The van der Waals surface area contributed by atoms with Crippen LogP contribution in [-0.2, 0) is 6.42 Å². The first-order valence-corrected chi connectivity index (χ1v) is 6.00. The lowest BCUT2D eigenvalue weighted by Crippen LogP contribution is -2.12. The molecule has 2 rings (SSSR count). The fraction of sp³-hybridized carbons (Fsp3) is 0.231. The number of ether oxygens (including phenoxy) is 1. The number of rotatable bonds is 4. The van der Waals surface area contributed by atoms with Gasteiger partial charge in [-0.15, -0.1) is 0 Å². The zero-order valence-corrected chi connectivity index (χ0v) is 11.1. The van der Waals surface area contributed by atoms with Crippen molar-refractivity contribution in [3.63, 3.8) is 0 Å². The van der Waals surface area contributed by atoms with Gasteiger partial charge >= 0.3 is 0 Å². The fourth-order valence-electron chi connectivity index (χ4n) is 1.77. The van der Waals surface area contributed by atoms with Crippen molar-refractivity contribution in [2.75, 3.05) is 5.43 Å². The number of hydrogen-bond acceptors (Lipinski definition) is 5. The van der Waals surface area contributed by atoms with Crippen molar-refractivity contribution in [3.05, 3.63) is 41.2 Å². The number of aryl methyl sites for hydroxylation is 1. The molecule has 0 bridgehead atoms. The molecule has 0 spiro atoms. The van der Waals surface area contributed by atoms with Crippen LogP contribution in [0.15, 0.2) is 18.5 Å². The van der Waals surface area contributed by atoms with Gasteiger partial charge in [-0.1, -0.05) is 6.92 Å². The number of nitrogens with zero attached hydrogens (tertiary/aromatic N) is 2. The highest BCUT2D eigenvalue weighted by Crippen LogP contribution is 2.30. The van der Waals surface area contributed by atoms with E-state index in [2.05, 4.69) is 15.4 Å². The van der Waals surface area contributed by atoms with E-state index in [4.69, 9.17) is 10.6 Å². The van der Waals surface area contributed by atoms with Crippen molar-refractivity contribution in [2.45, 2.75) is 20.3 Å². The molecule has 0 saturated heterocycles. The standard InChI is InChI=1S/C13H14F2N4O/c1-3-8-12(19-16)17-6-18-13(8)20-11-5-10(15)9(14)4-7(11)2/h4-6H,3,16H2,1-2H3,(H,17,18,19). The molecule has 0 atom stereocenters. The van der Waals surface area contributed by atoms with E-state index in [1.54, 1.807) is 6.92 Å². The third kappa shape index (κ3) is 2.67. The minimum Gasteiger partial charge on any atom is -0.438 e. The van der Waals surface area contributed by atoms with Crippen molar-refractivity contribution in [1.29, 1.82) is 0 Å². The Kier molecular flexibility index (Phi) is 4.09. The minimum atomic E-state index is -0.977. The van der Waals surface area contributed by atoms with Crippen molar-refractivity contribution in [3.8, 4) is 11.6 Å². The Morgan fingerprint density at radius 1 is 1.25 bits per heavy atom. The fourth-order valence-corrected chi connectivity index (χ4v) is 1.77. The zero-order chi connectivity index (χ0) is 14.7. The van der Waals surface area contributed by atoms with Crippen LogP contribution in [0, 0.1) is 18.6 Å². The molecule has 0 saturated carbocycles. The van der Waals surface area contributed by atoms with E-state index in [1.165, 1.54) is 6.33 Å². The number of nitrogens with one attached hydrogen (secondary N) is 1. The molecule has 0 aliphatic heterocycles. The molecule has 0 unspecified atom stereocenters. The van der Waals surface area contributed by atoms with Crippen LogP contribution in [0.3, 0.4) is 0 Å². The Labute approximate surface area is 114 Å². The molecule has 0 fully saturated rings. The van der Waals surface area contributed by atoms with Gasteiger partial charge in [0.15, 0.2) is 11.6 Å². The molecule has 1 aromatic carbocycles. The van der Waals surface area contributed by atoms with Crippen molar-refractivity contribution in [1.82, 2.24) is 9.97 Å². The maximum Gasteiger partial charge on any atom is 0.227 e. The van der Waals surface area contributed by atoms with Gasteiger partial charge in [0.05, 0.1) is 5.56 Å². The van der Waals surface area contributed by atoms with Crippen LogP contribution in [0.5, 0.6) is 11.6 Å². The first-order valence-electron chi connectivity index (χ1n) is 6.00. The van der Waals surface area contributed by atoms with Crippen molar-refractivity contribution < 1.29 is 13.5 Å². The molecule has 0 aliphatic rings. The van der Waals surface area contributed by atoms with Gasteiger partial charge in [0.1, 0.15) is 17.9 Å². The maximum absolute atomic E-state index is 13.3. The molecule has 5 nitrogen and oxygen atoms in total. The van der Waals surface area contributed by atoms with E-state index in [-0.39, 0.29) is 11.6 Å². The van der Waals surface area contributed by atoms with Crippen LogP contribution < -0.4 is 16.0 Å². The highest BCUT2D eigenvalue weighted by atomic mass is 19.2. The number of benzene rings is 1. The predicted octanol–water partition coefficient (Wildman–Crippen LogP) is 2.70. The number of halogens is 2. The summed E-state index contributed by atoms with van der Waals surface area (Å²) < 4.78 is 31.9. The number of nitrogens with two attached hydrogens (primary N) is 1. The van der Waals surface area contributed by atoms with E-state index >= 15 is 0 Å². The van der Waals surface area contributed by atoms with E-state index in [0.717, 1.165) is 12.1 Å². The summed E-state index contributed by atoms with van der Waals surface area (Å²) in [5.41, 5.74) is 3.56. The second-order valence-electron chi connectivity index (χ2n) is 4.14. The van der Waals surface area contributed by atoms with Crippen LogP contribution in [0.1, 0.15) is 18.1 Å². The summed E-state index contributed by atoms with van der Waals surface area (Å²) in [4.78, 5) is 7.96. The van der Waals surface area contributed by atoms with Gasteiger partial charge in [-0.2, -0.15) is 0 Å². The molecule has 0 aliphatic carbocycles. The normalized spacial score (nSPS) is 10.4. The molecule has 2 aromatic rings. The summed E-state index contributed by atoms with van der Waals surface area (Å²) in [6.45, 7) is 3.50. The second kappa shape index (κ2) is 5.79. The molecule has 0 radical (unpaired) electrons. The molecule has 7 heteroatoms. The first-order chi connectivity index (χ1) is 9.56. The van der Waals surface area contributed by atoms with Crippen LogP contribution in [0.2, 0.25) is 0 Å². The lowest BCUT2D eigenvalue weighted by atomic mass is 10.2. The largest absolute Gasteiger partial charge is 0.438 e. The van der Waals surface area contributed by atoms with E-state index < -0.39 is 11.6 Å². The Morgan fingerprint density at radius 3 is 2.60 bits per heavy atom. The molecule has 0 amide bonds. The number of aromatic nitrogens is 2. The van der Waals surface area contributed by atoms with Gasteiger partial charge in [-0.25, -0.2) is 24.6 Å². The average molecular weight is 280 g/mol. The first kappa shape index (κ1) is 14.1. The van der Waals surface area contributed by atoms with Gasteiger partial charge < -0.3 is 10.2 Å². The monoisotopic (exact) mass is 280 g/mol. The van der Waals surface area contributed by atoms with Gasteiger partial charge in [0.25, 0.3) is 0 Å². The van der Waals surface area contributed by atoms with Crippen LogP contribution in [-0.4, -0.2) is 9.97 Å². The van der Waals surface area contributed by atoms with E-state index in [9.17, 15) is 8.78 Å². The third-order valence-electron chi connectivity index (χ3n) is 2.82. The number of hydrogen-bond donors (Lipinski definition) is 2. The quantitative estimate of drug-likeness (QED) is 0.665.